The summed E-state index contributed by atoms with van der Waals surface area (Å²) in [5, 5.41) is 11.8. The van der Waals surface area contributed by atoms with E-state index < -0.39 is 0 Å². The highest BCUT2D eigenvalue weighted by Crippen LogP contribution is 2.19. The van der Waals surface area contributed by atoms with Gasteiger partial charge in [-0.25, -0.2) is 4.79 Å². The van der Waals surface area contributed by atoms with Gasteiger partial charge >= 0.3 is 6.03 Å². The molecule has 1 unspecified atom stereocenters. The molecule has 2 amide bonds. The van der Waals surface area contributed by atoms with Crippen LogP contribution in [0.4, 0.5) is 4.79 Å². The molecule has 0 saturated carbocycles. The van der Waals surface area contributed by atoms with E-state index >= 15 is 0 Å². The first kappa shape index (κ1) is 14.0. The topological polar surface area (TPSA) is 52.6 Å². The lowest BCUT2D eigenvalue weighted by Gasteiger charge is -2.23. The van der Waals surface area contributed by atoms with Crippen molar-refractivity contribution >= 4 is 6.03 Å². The Morgan fingerprint density at radius 2 is 2.35 bits per heavy atom. The predicted molar refractivity (Wildman–Crippen MR) is 68.9 cm³/mol. The van der Waals surface area contributed by atoms with E-state index in [1.165, 1.54) is 36.2 Å². The molecule has 4 heteroatoms. The summed E-state index contributed by atoms with van der Waals surface area (Å²) in [6, 6.07) is -0.244. The molecular formula is C13H24N2O2. The first-order valence-electron chi connectivity index (χ1n) is 6.44. The zero-order valence-electron chi connectivity index (χ0n) is 10.9. The van der Waals surface area contributed by atoms with E-state index in [-0.39, 0.29) is 18.7 Å². The van der Waals surface area contributed by atoms with Gasteiger partial charge in [0, 0.05) is 13.6 Å². The maximum Gasteiger partial charge on any atom is 0.317 e. The Bertz CT molecular complexity index is 277. The number of hydrogen-bond donors (Lipinski definition) is 2. The van der Waals surface area contributed by atoms with Gasteiger partial charge in [0.1, 0.15) is 0 Å². The van der Waals surface area contributed by atoms with Gasteiger partial charge in [-0.3, -0.25) is 0 Å². The van der Waals surface area contributed by atoms with Crippen molar-refractivity contribution in [3.05, 3.63) is 11.6 Å². The number of rotatable bonds is 5. The minimum Gasteiger partial charge on any atom is -0.394 e. The molecule has 0 saturated heterocycles. The van der Waals surface area contributed by atoms with Crippen LogP contribution in [-0.4, -0.2) is 42.3 Å². The maximum atomic E-state index is 11.7. The number of nitrogens with zero attached hydrogens (tertiary/aromatic N) is 1. The standard InChI is InChI=1S/C13H24N2O2/c1-11(10-16)15(2)13(17)14-9-8-12-6-4-3-5-7-12/h6,11,16H,3-5,7-10H2,1-2H3,(H,14,17). The smallest absolute Gasteiger partial charge is 0.317 e. The molecule has 0 aromatic rings. The average molecular weight is 240 g/mol. The van der Waals surface area contributed by atoms with Crippen molar-refractivity contribution in [1.82, 2.24) is 10.2 Å². The van der Waals surface area contributed by atoms with Gasteiger partial charge in [-0.1, -0.05) is 11.6 Å². The van der Waals surface area contributed by atoms with E-state index in [9.17, 15) is 4.79 Å². The first-order valence-corrected chi connectivity index (χ1v) is 6.44. The Morgan fingerprint density at radius 3 is 2.94 bits per heavy atom. The number of aliphatic hydroxyl groups is 1. The third-order valence-corrected chi connectivity index (χ3v) is 3.35. The van der Waals surface area contributed by atoms with Crippen molar-refractivity contribution in [2.75, 3.05) is 20.2 Å². The van der Waals surface area contributed by atoms with Crippen LogP contribution in [0.15, 0.2) is 11.6 Å². The fourth-order valence-electron chi connectivity index (χ4n) is 1.91. The van der Waals surface area contributed by atoms with Crippen LogP contribution in [0.5, 0.6) is 0 Å². The van der Waals surface area contributed by atoms with Gasteiger partial charge in [-0.05, 0) is 39.0 Å². The summed E-state index contributed by atoms with van der Waals surface area (Å²) in [6.07, 6.45) is 8.19. The van der Waals surface area contributed by atoms with E-state index in [0.717, 1.165) is 6.42 Å². The van der Waals surface area contributed by atoms with Crippen LogP contribution in [0, 0.1) is 0 Å². The molecule has 2 N–H and O–H groups in total. The third-order valence-electron chi connectivity index (χ3n) is 3.35. The lowest BCUT2D eigenvalue weighted by Crippen LogP contribution is -2.44. The minimum atomic E-state index is -0.135. The van der Waals surface area contributed by atoms with Crippen molar-refractivity contribution in [2.24, 2.45) is 0 Å². The SMILES string of the molecule is CC(CO)N(C)C(=O)NCCC1=CCCCC1. The number of carbonyl (C=O) groups is 1. The monoisotopic (exact) mass is 240 g/mol. The lowest BCUT2D eigenvalue weighted by atomic mass is 9.97. The van der Waals surface area contributed by atoms with Crippen LogP contribution in [-0.2, 0) is 0 Å². The second kappa shape index (κ2) is 7.33. The normalized spacial score (nSPS) is 17.2. The van der Waals surface area contributed by atoms with Gasteiger partial charge in [-0.15, -0.1) is 0 Å². The van der Waals surface area contributed by atoms with Gasteiger partial charge in [0.15, 0.2) is 0 Å². The Balaban J connectivity index is 2.21. The molecule has 17 heavy (non-hydrogen) atoms. The van der Waals surface area contributed by atoms with E-state index in [2.05, 4.69) is 11.4 Å². The molecule has 0 radical (unpaired) electrons. The molecule has 0 heterocycles. The second-order valence-electron chi connectivity index (χ2n) is 4.73. The summed E-state index contributed by atoms with van der Waals surface area (Å²) in [6.45, 7) is 2.51. The molecule has 1 atom stereocenters. The van der Waals surface area contributed by atoms with Crippen molar-refractivity contribution in [1.29, 1.82) is 0 Å². The summed E-state index contributed by atoms with van der Waals surface area (Å²) in [5.74, 6) is 0. The van der Waals surface area contributed by atoms with Crippen LogP contribution in [0.25, 0.3) is 0 Å². The van der Waals surface area contributed by atoms with Crippen molar-refractivity contribution in [3.8, 4) is 0 Å². The summed E-state index contributed by atoms with van der Waals surface area (Å²) >= 11 is 0. The van der Waals surface area contributed by atoms with Crippen LogP contribution >= 0.6 is 0 Å². The molecule has 0 aliphatic heterocycles. The fourth-order valence-corrected chi connectivity index (χ4v) is 1.91. The number of aliphatic hydroxyl groups excluding tert-OH is 1. The molecule has 0 aromatic carbocycles. The Morgan fingerprint density at radius 1 is 1.59 bits per heavy atom. The molecule has 1 aliphatic carbocycles. The Hall–Kier alpha value is -1.03. The summed E-state index contributed by atoms with van der Waals surface area (Å²) < 4.78 is 0. The number of carbonyl (C=O) groups excluding carboxylic acids is 1. The summed E-state index contributed by atoms with van der Waals surface area (Å²) in [4.78, 5) is 13.2. The zero-order valence-corrected chi connectivity index (χ0v) is 10.9. The molecule has 4 nitrogen and oxygen atoms in total. The van der Waals surface area contributed by atoms with Gasteiger partial charge in [-0.2, -0.15) is 0 Å². The molecule has 98 valence electrons. The maximum absolute atomic E-state index is 11.7. The van der Waals surface area contributed by atoms with Crippen LogP contribution < -0.4 is 5.32 Å². The Labute approximate surface area is 104 Å². The average Bonchev–Trinajstić information content (AvgIpc) is 2.38. The summed E-state index contributed by atoms with van der Waals surface area (Å²) in [7, 11) is 1.70. The summed E-state index contributed by atoms with van der Waals surface area (Å²) in [5.41, 5.74) is 1.47. The molecule has 1 aliphatic rings. The van der Waals surface area contributed by atoms with E-state index in [1.807, 2.05) is 6.92 Å². The molecule has 0 aromatic heterocycles. The van der Waals surface area contributed by atoms with E-state index in [4.69, 9.17) is 5.11 Å². The number of likely N-dealkylation sites (N-methyl/N-ethyl adjacent to an activating group) is 1. The minimum absolute atomic E-state index is 0.00489. The van der Waals surface area contributed by atoms with Gasteiger partial charge in [0.25, 0.3) is 0 Å². The highest BCUT2D eigenvalue weighted by Gasteiger charge is 2.14. The number of amides is 2. The lowest BCUT2D eigenvalue weighted by molar-refractivity contribution is 0.157. The van der Waals surface area contributed by atoms with Gasteiger partial charge in [0.2, 0.25) is 0 Å². The number of urea groups is 1. The predicted octanol–water partition coefficient (Wildman–Crippen LogP) is 1.90. The molecule has 0 spiro atoms. The largest absolute Gasteiger partial charge is 0.394 e. The Kier molecular flexibility index (Phi) is 6.05. The number of hydrogen-bond acceptors (Lipinski definition) is 2. The van der Waals surface area contributed by atoms with Crippen molar-refractivity contribution in [3.63, 3.8) is 0 Å². The molecule has 1 rings (SSSR count). The number of allylic oxidation sites excluding steroid dienone is 1. The molecule has 0 fully saturated rings. The fraction of sp³-hybridized carbons (Fsp3) is 0.769. The van der Waals surface area contributed by atoms with E-state index in [1.54, 1.807) is 7.05 Å². The second-order valence-corrected chi connectivity index (χ2v) is 4.73. The molecular weight excluding hydrogens is 216 g/mol. The van der Waals surface area contributed by atoms with Gasteiger partial charge < -0.3 is 15.3 Å². The van der Waals surface area contributed by atoms with Crippen molar-refractivity contribution < 1.29 is 9.90 Å². The van der Waals surface area contributed by atoms with Crippen molar-refractivity contribution in [2.45, 2.75) is 45.1 Å². The quantitative estimate of drug-likeness (QED) is 0.721. The highest BCUT2D eigenvalue weighted by molar-refractivity contribution is 5.74. The molecule has 0 bridgehead atoms. The van der Waals surface area contributed by atoms with Crippen LogP contribution in [0.2, 0.25) is 0 Å². The van der Waals surface area contributed by atoms with Crippen LogP contribution in [0.1, 0.15) is 39.0 Å². The zero-order chi connectivity index (χ0) is 12.7. The van der Waals surface area contributed by atoms with Crippen LogP contribution in [0.3, 0.4) is 0 Å². The van der Waals surface area contributed by atoms with E-state index in [0.29, 0.717) is 6.54 Å². The number of nitrogens with one attached hydrogen (secondary N) is 1. The third kappa shape index (κ3) is 4.77. The highest BCUT2D eigenvalue weighted by atomic mass is 16.3. The van der Waals surface area contributed by atoms with Gasteiger partial charge in [0.05, 0.1) is 12.6 Å². The first-order chi connectivity index (χ1) is 8.15.